The van der Waals surface area contributed by atoms with Crippen LogP contribution in [0.25, 0.3) is 0 Å². The van der Waals surface area contributed by atoms with Gasteiger partial charge in [-0.1, -0.05) is 0 Å². The zero-order valence-corrected chi connectivity index (χ0v) is 11.5. The quantitative estimate of drug-likeness (QED) is 0.667. The highest BCUT2D eigenvalue weighted by atomic mass is 32.2. The second-order valence-electron chi connectivity index (χ2n) is 3.70. The number of hydrogen-bond donors (Lipinski definition) is 2. The molecule has 0 radical (unpaired) electrons. The first kappa shape index (κ1) is 12.9. The van der Waals surface area contributed by atoms with E-state index in [1.807, 2.05) is 36.6 Å². The molecular formula is C12H13N3OS2. The average Bonchev–Trinajstić information content (AvgIpc) is 2.74. The van der Waals surface area contributed by atoms with Gasteiger partial charge in [0.25, 0.3) is 0 Å². The highest BCUT2D eigenvalue weighted by Gasteiger charge is 2.06. The van der Waals surface area contributed by atoms with E-state index < -0.39 is 0 Å². The molecular weight excluding hydrogens is 266 g/mol. The normalized spacial score (nSPS) is 10.3. The number of thiazole rings is 1. The Kier molecular flexibility index (Phi) is 4.22. The molecule has 1 aromatic carbocycles. The van der Waals surface area contributed by atoms with Crippen LogP contribution in [0, 0.1) is 6.92 Å². The molecule has 6 heteroatoms. The third-order valence-electron chi connectivity index (χ3n) is 2.12. The number of nitrogens with two attached hydrogens (primary N) is 1. The van der Waals surface area contributed by atoms with Gasteiger partial charge in [-0.3, -0.25) is 4.79 Å². The van der Waals surface area contributed by atoms with Gasteiger partial charge in [-0.15, -0.1) is 23.1 Å². The number of carbonyl (C=O) groups is 1. The lowest BCUT2D eigenvalue weighted by Gasteiger charge is -2.02. The molecule has 1 amide bonds. The summed E-state index contributed by atoms with van der Waals surface area (Å²) in [6.07, 6.45) is 0. The topological polar surface area (TPSA) is 68.0 Å². The van der Waals surface area contributed by atoms with Crippen molar-refractivity contribution in [3.8, 4) is 0 Å². The number of thioether (sulfide) groups is 1. The summed E-state index contributed by atoms with van der Waals surface area (Å²) in [4.78, 5) is 16.9. The lowest BCUT2D eigenvalue weighted by molar-refractivity contribution is -0.113. The van der Waals surface area contributed by atoms with Crippen LogP contribution in [0.3, 0.4) is 0 Å². The monoisotopic (exact) mass is 279 g/mol. The Balaban J connectivity index is 1.83. The number of nitrogen functional groups attached to an aromatic ring is 1. The summed E-state index contributed by atoms with van der Waals surface area (Å²) < 4.78 is 0. The highest BCUT2D eigenvalue weighted by molar-refractivity contribution is 8.00. The maximum absolute atomic E-state index is 11.7. The molecule has 0 spiro atoms. The fraction of sp³-hybridized carbons (Fsp3) is 0.167. The van der Waals surface area contributed by atoms with Crippen LogP contribution in [0.2, 0.25) is 0 Å². The lowest BCUT2D eigenvalue weighted by Crippen LogP contribution is -2.13. The number of anilines is 2. The molecule has 2 aromatic rings. The first-order chi connectivity index (χ1) is 8.63. The molecule has 0 bridgehead atoms. The van der Waals surface area contributed by atoms with Crippen molar-refractivity contribution < 1.29 is 4.79 Å². The van der Waals surface area contributed by atoms with Gasteiger partial charge in [-0.25, -0.2) is 4.98 Å². The van der Waals surface area contributed by atoms with Gasteiger partial charge in [0.05, 0.1) is 11.4 Å². The molecule has 1 aromatic heterocycles. The van der Waals surface area contributed by atoms with E-state index in [9.17, 15) is 4.79 Å². The predicted molar refractivity (Wildman–Crippen MR) is 77.1 cm³/mol. The van der Waals surface area contributed by atoms with Crippen molar-refractivity contribution in [3.63, 3.8) is 0 Å². The van der Waals surface area contributed by atoms with Gasteiger partial charge in [-0.2, -0.15) is 0 Å². The molecule has 3 N–H and O–H groups in total. The Morgan fingerprint density at radius 3 is 2.78 bits per heavy atom. The number of carbonyl (C=O) groups excluding carboxylic acids is 1. The van der Waals surface area contributed by atoms with Crippen LogP contribution in [-0.2, 0) is 4.79 Å². The maximum Gasteiger partial charge on any atom is 0.236 e. The van der Waals surface area contributed by atoms with Crippen molar-refractivity contribution >= 4 is 39.8 Å². The van der Waals surface area contributed by atoms with Crippen LogP contribution in [0.15, 0.2) is 34.5 Å². The molecule has 0 saturated heterocycles. The largest absolute Gasteiger partial charge is 0.399 e. The minimum absolute atomic E-state index is 0.0498. The highest BCUT2D eigenvalue weighted by Crippen LogP contribution is 2.20. The number of aromatic nitrogens is 1. The minimum Gasteiger partial charge on any atom is -0.399 e. The summed E-state index contributed by atoms with van der Waals surface area (Å²) in [6.45, 7) is 1.90. The summed E-state index contributed by atoms with van der Waals surface area (Å²) >= 11 is 2.91. The Labute approximate surface area is 114 Å². The molecule has 18 heavy (non-hydrogen) atoms. The van der Waals surface area contributed by atoms with Gasteiger partial charge in [0.2, 0.25) is 5.91 Å². The number of benzene rings is 1. The van der Waals surface area contributed by atoms with Gasteiger partial charge < -0.3 is 11.1 Å². The van der Waals surface area contributed by atoms with Crippen molar-refractivity contribution in [2.45, 2.75) is 11.8 Å². The molecule has 94 valence electrons. The van der Waals surface area contributed by atoms with E-state index in [-0.39, 0.29) is 5.91 Å². The van der Waals surface area contributed by atoms with Crippen LogP contribution in [0.1, 0.15) is 5.69 Å². The second-order valence-corrected chi connectivity index (χ2v) is 5.61. The lowest BCUT2D eigenvalue weighted by atomic mass is 10.3. The van der Waals surface area contributed by atoms with Crippen LogP contribution in [0.4, 0.5) is 10.8 Å². The molecule has 0 unspecified atom stereocenters. The smallest absolute Gasteiger partial charge is 0.236 e. The molecule has 0 atom stereocenters. The summed E-state index contributed by atoms with van der Waals surface area (Å²) in [7, 11) is 0. The standard InChI is InChI=1S/C12H13N3OS2/c1-8-6-18-12(14-8)15-11(16)7-17-10-4-2-9(13)3-5-10/h2-6H,7,13H2,1H3,(H,14,15,16). The van der Waals surface area contributed by atoms with E-state index in [0.29, 0.717) is 10.9 Å². The predicted octanol–water partition coefficient (Wildman–Crippen LogP) is 2.76. The van der Waals surface area contributed by atoms with Gasteiger partial charge in [-0.05, 0) is 31.2 Å². The van der Waals surface area contributed by atoms with Crippen LogP contribution < -0.4 is 11.1 Å². The van der Waals surface area contributed by atoms with E-state index in [0.717, 1.165) is 16.3 Å². The summed E-state index contributed by atoms with van der Waals surface area (Å²) in [5.41, 5.74) is 7.23. The van der Waals surface area contributed by atoms with Crippen molar-refractivity contribution in [2.75, 3.05) is 16.8 Å². The van der Waals surface area contributed by atoms with E-state index in [2.05, 4.69) is 10.3 Å². The van der Waals surface area contributed by atoms with Gasteiger partial charge in [0.15, 0.2) is 5.13 Å². The zero-order valence-electron chi connectivity index (χ0n) is 9.84. The second kappa shape index (κ2) is 5.88. The molecule has 0 saturated carbocycles. The molecule has 1 heterocycles. The maximum atomic E-state index is 11.7. The van der Waals surface area contributed by atoms with Crippen molar-refractivity contribution in [1.82, 2.24) is 4.98 Å². The van der Waals surface area contributed by atoms with E-state index in [1.165, 1.54) is 23.1 Å². The molecule has 0 aliphatic carbocycles. The first-order valence-corrected chi connectivity index (χ1v) is 7.20. The van der Waals surface area contributed by atoms with Gasteiger partial charge in [0.1, 0.15) is 0 Å². The van der Waals surface area contributed by atoms with Crippen LogP contribution >= 0.6 is 23.1 Å². The van der Waals surface area contributed by atoms with Gasteiger partial charge in [0, 0.05) is 16.0 Å². The SMILES string of the molecule is Cc1csc(NC(=O)CSc2ccc(N)cc2)n1. The Hall–Kier alpha value is -1.53. The number of hydrogen-bond acceptors (Lipinski definition) is 5. The molecule has 2 rings (SSSR count). The third-order valence-corrected chi connectivity index (χ3v) is 4.00. The number of aryl methyl sites for hydroxylation is 1. The number of rotatable bonds is 4. The molecule has 4 nitrogen and oxygen atoms in total. The van der Waals surface area contributed by atoms with E-state index in [4.69, 9.17) is 5.73 Å². The fourth-order valence-electron chi connectivity index (χ4n) is 1.28. The third kappa shape index (κ3) is 3.75. The first-order valence-electron chi connectivity index (χ1n) is 5.34. The van der Waals surface area contributed by atoms with E-state index >= 15 is 0 Å². The summed E-state index contributed by atoms with van der Waals surface area (Å²) in [6, 6.07) is 7.45. The zero-order chi connectivity index (χ0) is 13.0. The fourth-order valence-corrected chi connectivity index (χ4v) is 2.68. The molecule has 0 aliphatic rings. The van der Waals surface area contributed by atoms with E-state index in [1.54, 1.807) is 0 Å². The summed E-state index contributed by atoms with van der Waals surface area (Å²) in [5.74, 6) is 0.314. The van der Waals surface area contributed by atoms with Crippen molar-refractivity contribution in [3.05, 3.63) is 35.3 Å². The van der Waals surface area contributed by atoms with Gasteiger partial charge >= 0.3 is 0 Å². The van der Waals surface area contributed by atoms with Crippen LogP contribution in [-0.4, -0.2) is 16.6 Å². The van der Waals surface area contributed by atoms with Crippen molar-refractivity contribution in [2.24, 2.45) is 0 Å². The Morgan fingerprint density at radius 2 is 2.17 bits per heavy atom. The molecule has 0 aliphatic heterocycles. The number of nitrogens with one attached hydrogen (secondary N) is 1. The Morgan fingerprint density at radius 1 is 1.44 bits per heavy atom. The molecule has 0 fully saturated rings. The number of amides is 1. The average molecular weight is 279 g/mol. The van der Waals surface area contributed by atoms with Crippen molar-refractivity contribution in [1.29, 1.82) is 0 Å². The Bertz CT molecular complexity index is 537. The number of nitrogens with zero attached hydrogens (tertiary/aromatic N) is 1. The summed E-state index contributed by atoms with van der Waals surface area (Å²) in [5, 5.41) is 5.32. The van der Waals surface area contributed by atoms with Crippen LogP contribution in [0.5, 0.6) is 0 Å². The minimum atomic E-state index is -0.0498.